The highest BCUT2D eigenvalue weighted by atomic mass is 31.2. The Hall–Kier alpha value is -4.27. The Kier molecular flexibility index (Phi) is 29.1. The number of nitrogens with one attached hydrogen (secondary N) is 3. The summed E-state index contributed by atoms with van der Waals surface area (Å²) in [4.78, 5) is 66.3. The second kappa shape index (κ2) is 32.6. The molecule has 1 aromatic rings. The van der Waals surface area contributed by atoms with Crippen LogP contribution in [-0.2, 0) is 47.4 Å². The molecule has 0 saturated carbocycles. The van der Waals surface area contributed by atoms with Crippen LogP contribution in [0.25, 0.3) is 0 Å². The van der Waals surface area contributed by atoms with Gasteiger partial charge < -0.3 is 53.8 Å². The third-order valence-corrected chi connectivity index (χ3v) is 10.2. The molecule has 1 unspecified atom stereocenters. The van der Waals surface area contributed by atoms with Crippen LogP contribution in [0.3, 0.4) is 0 Å². The van der Waals surface area contributed by atoms with Crippen LogP contribution in [0.4, 0.5) is 0 Å². The molecule has 0 fully saturated rings. The number of benzene rings is 1. The van der Waals surface area contributed by atoms with Crippen LogP contribution < -0.4 is 25.4 Å². The van der Waals surface area contributed by atoms with Crippen molar-refractivity contribution in [2.24, 2.45) is 0 Å². The van der Waals surface area contributed by atoms with Gasteiger partial charge in [0.1, 0.15) is 31.4 Å². The van der Waals surface area contributed by atoms with Crippen LogP contribution in [0.5, 0.6) is 5.75 Å². The molecule has 0 aliphatic carbocycles. The van der Waals surface area contributed by atoms with Gasteiger partial charge in [-0.2, -0.15) is 0 Å². The Balaban J connectivity index is 3.22. The summed E-state index contributed by atoms with van der Waals surface area (Å²) in [7, 11) is -4.41. The largest absolute Gasteiger partial charge is 0.769 e. The van der Waals surface area contributed by atoms with Gasteiger partial charge in [-0.15, -0.1) is 19.3 Å². The van der Waals surface area contributed by atoms with Crippen molar-refractivity contribution in [2.45, 2.75) is 76.4 Å². The summed E-state index contributed by atoms with van der Waals surface area (Å²) in [6, 6.07) is 5.86. The third kappa shape index (κ3) is 25.7. The first-order valence-electron chi connectivity index (χ1n) is 19.6. The van der Waals surface area contributed by atoms with Gasteiger partial charge in [-0.3, -0.25) is 23.7 Å². The van der Waals surface area contributed by atoms with E-state index >= 15 is 0 Å². The van der Waals surface area contributed by atoms with E-state index in [1.165, 1.54) is 32.0 Å². The van der Waals surface area contributed by atoms with E-state index in [0.29, 0.717) is 39.5 Å². The van der Waals surface area contributed by atoms with E-state index in [0.717, 1.165) is 0 Å². The fourth-order valence-electron chi connectivity index (χ4n) is 5.18. The zero-order chi connectivity index (χ0) is 43.6. The van der Waals surface area contributed by atoms with Crippen molar-refractivity contribution in [1.29, 1.82) is 0 Å². The van der Waals surface area contributed by atoms with Crippen LogP contribution in [0, 0.1) is 37.0 Å². The maximum Gasteiger partial charge on any atom is 0.255 e. The topological polar surface area (TPSA) is 209 Å². The molecule has 0 saturated heterocycles. The highest BCUT2D eigenvalue weighted by molar-refractivity contribution is 7.52. The minimum Gasteiger partial charge on any atom is -0.769 e. The van der Waals surface area contributed by atoms with E-state index in [2.05, 4.69) is 33.7 Å². The zero-order valence-corrected chi connectivity index (χ0v) is 35.3. The Morgan fingerprint density at radius 2 is 1.14 bits per heavy atom. The summed E-state index contributed by atoms with van der Waals surface area (Å²) in [6.07, 6.45) is 16.1. The summed E-state index contributed by atoms with van der Waals surface area (Å²) in [5.74, 6) is 5.36. The van der Waals surface area contributed by atoms with E-state index in [-0.39, 0.29) is 133 Å². The van der Waals surface area contributed by atoms with Crippen molar-refractivity contribution in [3.63, 3.8) is 0 Å². The Bertz CT molecular complexity index is 1460. The second-order valence-corrected chi connectivity index (χ2v) is 15.7. The van der Waals surface area contributed by atoms with Gasteiger partial charge in [-0.05, 0) is 37.8 Å². The van der Waals surface area contributed by atoms with Crippen LogP contribution in [-0.4, -0.2) is 127 Å². The van der Waals surface area contributed by atoms with Gasteiger partial charge >= 0.3 is 0 Å². The minimum absolute atomic E-state index is 0.00122. The lowest BCUT2D eigenvalue weighted by Crippen LogP contribution is -2.50. The predicted molar refractivity (Wildman–Crippen MR) is 219 cm³/mol. The molecule has 1 atom stereocenters. The molecule has 3 N–H and O–H groups in total. The quantitative estimate of drug-likeness (QED) is 0.0505. The predicted octanol–water partition coefficient (Wildman–Crippen LogP) is 2.42. The van der Waals surface area contributed by atoms with Gasteiger partial charge in [0, 0.05) is 56.6 Å². The number of Topliss-reactive ketones (excluding diaryl/α,β-unsaturated/α-hetero) is 1. The zero-order valence-electron chi connectivity index (χ0n) is 34.4. The Morgan fingerprint density at radius 1 is 0.678 bits per heavy atom. The highest BCUT2D eigenvalue weighted by Gasteiger charge is 2.35. The standard InChI is InChI=1S/C42H62N3O13P/c1-6-23-52-29-32-55-26-11-12-36(46)15-18-42(19-16-39(47)43-21-27-56-33-30-53-24-7-2,20-17-40(48)44-22-28-57-34-31-54-25-8-3)45-41(49)37-13-9-10-14-38(37)58-59(50,51)35(4)5/h1-3,9-10,13-14,35H,11-12,15-34H2,4-5H3,(H,43,47)(H,44,48)(H,45,49)(H,50,51)/p-1. The minimum atomic E-state index is -4.41. The summed E-state index contributed by atoms with van der Waals surface area (Å²) in [5.41, 5.74) is -2.23. The Morgan fingerprint density at radius 3 is 1.63 bits per heavy atom. The van der Waals surface area contributed by atoms with Gasteiger partial charge in [0.15, 0.2) is 7.60 Å². The number of amides is 3. The van der Waals surface area contributed by atoms with Crippen molar-refractivity contribution in [3.05, 3.63) is 29.8 Å². The Labute approximate surface area is 349 Å². The van der Waals surface area contributed by atoms with Crippen molar-refractivity contribution in [3.8, 4) is 42.8 Å². The molecule has 0 radical (unpaired) electrons. The molecular formula is C42H61N3O13P-. The molecule has 16 nitrogen and oxygen atoms in total. The van der Waals surface area contributed by atoms with Gasteiger partial charge in [0.05, 0.1) is 58.4 Å². The molecule has 0 heterocycles. The first kappa shape index (κ1) is 52.7. The van der Waals surface area contributed by atoms with Crippen LogP contribution in [0.2, 0.25) is 0 Å². The van der Waals surface area contributed by atoms with Crippen LogP contribution in [0.15, 0.2) is 24.3 Å². The summed E-state index contributed by atoms with van der Waals surface area (Å²) in [6.45, 7) is 6.36. The molecule has 0 aromatic heterocycles. The number of hydrogen-bond acceptors (Lipinski definition) is 13. The van der Waals surface area contributed by atoms with Crippen molar-refractivity contribution in [2.75, 3.05) is 92.4 Å². The molecule has 1 aromatic carbocycles. The number of carbonyl (C=O) groups is 4. The smallest absolute Gasteiger partial charge is 0.255 e. The fraction of sp³-hybridized carbons (Fsp3) is 0.619. The first-order chi connectivity index (χ1) is 28.4. The first-order valence-corrected chi connectivity index (χ1v) is 21.2. The number of rotatable bonds is 36. The van der Waals surface area contributed by atoms with E-state index in [1.54, 1.807) is 6.07 Å². The highest BCUT2D eigenvalue weighted by Crippen LogP contribution is 2.44. The molecule has 3 amide bonds. The van der Waals surface area contributed by atoms with E-state index in [4.69, 9.17) is 52.2 Å². The summed E-state index contributed by atoms with van der Waals surface area (Å²) in [5, 5.41) is 8.55. The number of hydrogen-bond donors (Lipinski definition) is 3. The normalized spacial score (nSPS) is 12.1. The molecule has 59 heavy (non-hydrogen) atoms. The summed E-state index contributed by atoms with van der Waals surface area (Å²) >= 11 is 0. The van der Waals surface area contributed by atoms with Crippen LogP contribution in [0.1, 0.15) is 75.6 Å². The average molecular weight is 847 g/mol. The van der Waals surface area contributed by atoms with Gasteiger partial charge in [0.25, 0.3) is 5.91 Å². The summed E-state index contributed by atoms with van der Waals surface area (Å²) < 4.78 is 50.0. The second-order valence-electron chi connectivity index (χ2n) is 13.4. The number of ketones is 1. The fourth-order valence-corrected chi connectivity index (χ4v) is 5.83. The average Bonchev–Trinajstić information content (AvgIpc) is 3.21. The lowest BCUT2D eigenvalue weighted by atomic mass is 9.82. The molecule has 0 spiro atoms. The molecule has 0 bridgehead atoms. The number of para-hydroxylation sites is 1. The van der Waals surface area contributed by atoms with Gasteiger partial charge in [-0.1, -0.05) is 43.7 Å². The molecular weight excluding hydrogens is 785 g/mol. The van der Waals surface area contributed by atoms with Crippen LogP contribution >= 0.6 is 7.60 Å². The van der Waals surface area contributed by atoms with E-state index in [9.17, 15) is 28.6 Å². The lowest BCUT2D eigenvalue weighted by Gasteiger charge is -2.36. The molecule has 1 rings (SSSR count). The molecule has 17 heteroatoms. The van der Waals surface area contributed by atoms with Crippen molar-refractivity contribution in [1.82, 2.24) is 16.0 Å². The van der Waals surface area contributed by atoms with Crippen molar-refractivity contribution >= 4 is 31.1 Å². The van der Waals surface area contributed by atoms with Gasteiger partial charge in [-0.25, -0.2) is 0 Å². The maximum atomic E-state index is 14.1. The molecule has 0 aliphatic heterocycles. The maximum absolute atomic E-state index is 14.1. The monoisotopic (exact) mass is 846 g/mol. The SMILES string of the molecule is C#CCOCCOCCCC(=O)CCC(CCC(=O)NCCOCCOCC#C)(CCC(=O)NCCOCCOCC#C)NC(=O)c1ccccc1OP(=O)([O-])C(C)C. The number of carbonyl (C=O) groups excluding carboxylic acids is 4. The van der Waals surface area contributed by atoms with E-state index < -0.39 is 24.7 Å². The number of ether oxygens (including phenoxy) is 6. The molecule has 0 aliphatic rings. The third-order valence-electron chi connectivity index (χ3n) is 8.47. The van der Waals surface area contributed by atoms with Gasteiger partial charge in [0.2, 0.25) is 11.8 Å². The van der Waals surface area contributed by atoms with Crippen molar-refractivity contribution < 1.29 is 61.6 Å². The number of terminal acetylenes is 3. The lowest BCUT2D eigenvalue weighted by molar-refractivity contribution is -0.193. The van der Waals surface area contributed by atoms with E-state index in [1.807, 2.05) is 0 Å². The molecule has 328 valence electrons.